The molecule has 0 spiro atoms. The largest absolute Gasteiger partial charge is 0.480 e. The zero-order valence-electron chi connectivity index (χ0n) is 10.6. The minimum atomic E-state index is -1.53. The molecule has 1 amide bonds. The van der Waals surface area contributed by atoms with Crippen LogP contribution in [0, 0.1) is 11.2 Å². The van der Waals surface area contributed by atoms with Gasteiger partial charge in [0.05, 0.1) is 0 Å². The van der Waals surface area contributed by atoms with Crippen LogP contribution in [0.1, 0.15) is 25.3 Å². The van der Waals surface area contributed by atoms with Gasteiger partial charge in [0.25, 0.3) is 0 Å². The van der Waals surface area contributed by atoms with Gasteiger partial charge >= 0.3 is 5.97 Å². The smallest absolute Gasteiger partial charge is 0.319 e. The molecule has 5 heteroatoms. The van der Waals surface area contributed by atoms with Gasteiger partial charge in [-0.1, -0.05) is 12.1 Å². The van der Waals surface area contributed by atoms with Crippen LogP contribution in [0.4, 0.5) is 4.39 Å². The lowest BCUT2D eigenvalue weighted by Crippen LogP contribution is -2.46. The second-order valence-electron chi connectivity index (χ2n) is 5.19. The number of carboxylic acids is 1. The van der Waals surface area contributed by atoms with E-state index < -0.39 is 17.3 Å². The Bertz CT molecular complexity index is 496. The fraction of sp³-hybridized carbons (Fsp3) is 0.429. The number of amides is 1. The molecule has 1 saturated carbocycles. The van der Waals surface area contributed by atoms with E-state index in [4.69, 9.17) is 0 Å². The highest BCUT2D eigenvalue weighted by Crippen LogP contribution is 2.27. The Morgan fingerprint density at radius 1 is 1.37 bits per heavy atom. The van der Waals surface area contributed by atoms with E-state index in [0.29, 0.717) is 5.56 Å². The Hall–Kier alpha value is -1.91. The molecule has 1 aromatic rings. The number of rotatable bonds is 5. The number of halogens is 1. The summed E-state index contributed by atoms with van der Waals surface area (Å²) in [5, 5.41) is 12.0. The van der Waals surface area contributed by atoms with Crippen LogP contribution >= 0.6 is 0 Å². The molecule has 0 bridgehead atoms. The lowest BCUT2D eigenvalue weighted by Gasteiger charge is -2.23. The van der Waals surface area contributed by atoms with Gasteiger partial charge in [0.1, 0.15) is 11.2 Å². The Morgan fingerprint density at radius 3 is 2.42 bits per heavy atom. The normalized spacial score (nSPS) is 17.6. The van der Waals surface area contributed by atoms with Gasteiger partial charge in [0.15, 0.2) is 0 Å². The van der Waals surface area contributed by atoms with Crippen LogP contribution in [0.2, 0.25) is 0 Å². The topological polar surface area (TPSA) is 66.4 Å². The molecule has 0 saturated heterocycles. The molecule has 19 heavy (non-hydrogen) atoms. The first-order valence-corrected chi connectivity index (χ1v) is 6.20. The summed E-state index contributed by atoms with van der Waals surface area (Å²) in [6, 6.07) is 5.63. The molecule has 102 valence electrons. The molecule has 0 radical (unpaired) electrons. The maximum Gasteiger partial charge on any atom is 0.319 e. The van der Waals surface area contributed by atoms with Crippen molar-refractivity contribution in [1.29, 1.82) is 0 Å². The summed E-state index contributed by atoms with van der Waals surface area (Å²) >= 11 is 0. The SMILES string of the molecule is CC(Cc1ccc(F)cc1)(C(=O)O)C(=O)NC1CC1. The maximum absolute atomic E-state index is 12.8. The molecule has 1 aliphatic carbocycles. The van der Waals surface area contributed by atoms with Crippen LogP contribution in [0.5, 0.6) is 0 Å². The monoisotopic (exact) mass is 265 g/mol. The first-order chi connectivity index (χ1) is 8.91. The maximum atomic E-state index is 12.8. The predicted molar refractivity (Wildman–Crippen MR) is 67.0 cm³/mol. The molecule has 0 aromatic heterocycles. The highest BCUT2D eigenvalue weighted by molar-refractivity contribution is 6.02. The third kappa shape index (κ3) is 3.10. The number of benzene rings is 1. The van der Waals surface area contributed by atoms with Crippen molar-refractivity contribution in [2.75, 3.05) is 0 Å². The van der Waals surface area contributed by atoms with Gasteiger partial charge in [-0.25, -0.2) is 4.39 Å². The fourth-order valence-corrected chi connectivity index (χ4v) is 1.84. The number of carbonyl (C=O) groups is 2. The quantitative estimate of drug-likeness (QED) is 0.797. The van der Waals surface area contributed by atoms with E-state index in [9.17, 15) is 19.1 Å². The van der Waals surface area contributed by atoms with E-state index in [2.05, 4.69) is 5.32 Å². The summed E-state index contributed by atoms with van der Waals surface area (Å²) in [7, 11) is 0. The standard InChI is InChI=1S/C14H16FNO3/c1-14(13(18)19,12(17)16-11-6-7-11)8-9-2-4-10(15)5-3-9/h2-5,11H,6-8H2,1H3,(H,16,17)(H,18,19). The highest BCUT2D eigenvalue weighted by atomic mass is 19.1. The van der Waals surface area contributed by atoms with Crippen molar-refractivity contribution >= 4 is 11.9 Å². The van der Waals surface area contributed by atoms with Crippen LogP contribution < -0.4 is 5.32 Å². The Labute approximate surface area is 110 Å². The molecule has 0 aliphatic heterocycles. The molecule has 4 nitrogen and oxygen atoms in total. The predicted octanol–water partition coefficient (Wildman–Crippen LogP) is 1.74. The van der Waals surface area contributed by atoms with Gasteiger partial charge < -0.3 is 10.4 Å². The number of carbonyl (C=O) groups excluding carboxylic acids is 1. The third-order valence-corrected chi connectivity index (χ3v) is 3.36. The van der Waals surface area contributed by atoms with E-state index in [1.807, 2.05) is 0 Å². The van der Waals surface area contributed by atoms with Crippen molar-refractivity contribution in [3.8, 4) is 0 Å². The zero-order chi connectivity index (χ0) is 14.0. The first-order valence-electron chi connectivity index (χ1n) is 6.20. The number of carboxylic acid groups (broad SMARTS) is 1. The van der Waals surface area contributed by atoms with Crippen molar-refractivity contribution in [3.05, 3.63) is 35.6 Å². The van der Waals surface area contributed by atoms with Crippen LogP contribution in [-0.2, 0) is 16.0 Å². The van der Waals surface area contributed by atoms with Gasteiger partial charge in [-0.05, 0) is 43.9 Å². The molecular weight excluding hydrogens is 249 g/mol. The van der Waals surface area contributed by atoms with Crippen molar-refractivity contribution in [1.82, 2.24) is 5.32 Å². The van der Waals surface area contributed by atoms with E-state index in [0.717, 1.165) is 12.8 Å². The molecule has 1 unspecified atom stereocenters. The van der Waals surface area contributed by atoms with Crippen LogP contribution in [0.25, 0.3) is 0 Å². The van der Waals surface area contributed by atoms with E-state index in [-0.39, 0.29) is 18.3 Å². The lowest BCUT2D eigenvalue weighted by molar-refractivity contribution is -0.154. The third-order valence-electron chi connectivity index (χ3n) is 3.36. The number of hydrogen-bond donors (Lipinski definition) is 2. The van der Waals surface area contributed by atoms with Gasteiger partial charge in [0, 0.05) is 6.04 Å². The van der Waals surface area contributed by atoms with Crippen LogP contribution in [0.3, 0.4) is 0 Å². The Morgan fingerprint density at radius 2 is 1.95 bits per heavy atom. The van der Waals surface area contributed by atoms with E-state index >= 15 is 0 Å². The molecule has 1 aromatic carbocycles. The fourth-order valence-electron chi connectivity index (χ4n) is 1.84. The van der Waals surface area contributed by atoms with Gasteiger partial charge in [-0.15, -0.1) is 0 Å². The summed E-state index contributed by atoms with van der Waals surface area (Å²) in [5.74, 6) is -2.04. The molecule has 0 heterocycles. The van der Waals surface area contributed by atoms with E-state index in [1.165, 1.54) is 31.2 Å². The number of nitrogens with one attached hydrogen (secondary N) is 1. The average Bonchev–Trinajstić information content (AvgIpc) is 3.15. The van der Waals surface area contributed by atoms with Gasteiger partial charge in [-0.3, -0.25) is 9.59 Å². The highest BCUT2D eigenvalue weighted by Gasteiger charge is 2.43. The summed E-state index contributed by atoms with van der Waals surface area (Å²) in [6.07, 6.45) is 1.84. The van der Waals surface area contributed by atoms with Crippen LogP contribution in [0.15, 0.2) is 24.3 Å². The van der Waals surface area contributed by atoms with Crippen LogP contribution in [-0.4, -0.2) is 23.0 Å². The zero-order valence-corrected chi connectivity index (χ0v) is 10.6. The van der Waals surface area contributed by atoms with Crippen molar-refractivity contribution < 1.29 is 19.1 Å². The van der Waals surface area contributed by atoms with Crippen molar-refractivity contribution in [3.63, 3.8) is 0 Å². The summed E-state index contributed by atoms with van der Waals surface area (Å²) in [5.41, 5.74) is -0.905. The summed E-state index contributed by atoms with van der Waals surface area (Å²) < 4.78 is 12.8. The minimum absolute atomic E-state index is 0.0428. The van der Waals surface area contributed by atoms with Crippen molar-refractivity contribution in [2.24, 2.45) is 5.41 Å². The molecule has 2 N–H and O–H groups in total. The number of aliphatic carboxylic acids is 1. The first kappa shape index (κ1) is 13.5. The van der Waals surface area contributed by atoms with Crippen molar-refractivity contribution in [2.45, 2.75) is 32.2 Å². The lowest BCUT2D eigenvalue weighted by atomic mass is 9.82. The molecule has 2 rings (SSSR count). The van der Waals surface area contributed by atoms with Gasteiger partial charge in [0.2, 0.25) is 5.91 Å². The number of hydrogen-bond acceptors (Lipinski definition) is 2. The minimum Gasteiger partial charge on any atom is -0.480 e. The second kappa shape index (κ2) is 4.99. The summed E-state index contributed by atoms with van der Waals surface area (Å²) in [6.45, 7) is 1.40. The second-order valence-corrected chi connectivity index (χ2v) is 5.19. The summed E-state index contributed by atoms with van der Waals surface area (Å²) in [4.78, 5) is 23.5. The molecule has 1 aliphatic rings. The Balaban J connectivity index is 2.15. The van der Waals surface area contributed by atoms with E-state index in [1.54, 1.807) is 0 Å². The molecule has 1 atom stereocenters. The average molecular weight is 265 g/mol. The Kier molecular flexibility index (Phi) is 3.55. The molecular formula is C14H16FNO3. The van der Waals surface area contributed by atoms with Gasteiger partial charge in [-0.2, -0.15) is 0 Å². The molecule has 1 fully saturated rings.